The van der Waals surface area contributed by atoms with Gasteiger partial charge in [0, 0.05) is 31.7 Å². The van der Waals surface area contributed by atoms with Crippen molar-refractivity contribution >= 4 is 0 Å². The Balaban J connectivity index is 1.63. The van der Waals surface area contributed by atoms with Gasteiger partial charge in [0.15, 0.2) is 5.82 Å². The third-order valence-corrected chi connectivity index (χ3v) is 6.73. The molecule has 0 bridgehead atoms. The lowest BCUT2D eigenvalue weighted by Crippen LogP contribution is -2.31. The number of aromatic amines is 1. The van der Waals surface area contributed by atoms with Gasteiger partial charge in [-0.3, -0.25) is 0 Å². The summed E-state index contributed by atoms with van der Waals surface area (Å²) in [5.41, 5.74) is 4.27. The summed E-state index contributed by atoms with van der Waals surface area (Å²) in [5, 5.41) is 19.3. The zero-order valence-electron chi connectivity index (χ0n) is 22.4. The van der Waals surface area contributed by atoms with Crippen LogP contribution in [-0.4, -0.2) is 48.6 Å². The molecule has 0 aliphatic heterocycles. The number of aromatic nitrogens is 7. The van der Waals surface area contributed by atoms with Crippen molar-refractivity contribution in [2.24, 2.45) is 5.92 Å². The fourth-order valence-corrected chi connectivity index (χ4v) is 4.56. The average Bonchev–Trinajstić information content (AvgIpc) is 3.59. The first-order valence-electron chi connectivity index (χ1n) is 13.2. The number of ether oxygens (including phenoxy) is 2. The monoisotopic (exact) mass is 503 g/mol. The Labute approximate surface area is 218 Å². The highest BCUT2D eigenvalue weighted by atomic mass is 16.7. The zero-order chi connectivity index (χ0) is 26.3. The quantitative estimate of drug-likeness (QED) is 0.244. The van der Waals surface area contributed by atoms with Crippen molar-refractivity contribution in [1.29, 1.82) is 0 Å². The van der Waals surface area contributed by atoms with Gasteiger partial charge < -0.3 is 9.47 Å². The molecule has 2 aromatic heterocycles. The summed E-state index contributed by atoms with van der Waals surface area (Å²) in [4.78, 5) is 4.94. The molecule has 0 atom stereocenters. The number of hydrogen-bond acceptors (Lipinski definition) is 7. The van der Waals surface area contributed by atoms with Crippen LogP contribution in [0.1, 0.15) is 64.7 Å². The Bertz CT molecular complexity index is 1240. The number of H-pyrrole nitrogens is 1. The summed E-state index contributed by atoms with van der Waals surface area (Å²) in [6, 6.07) is 16.6. The standard InChI is InChI=1S/C28H37N7O2/c1-6-20(7-2)19-35-25(29-27(32-35)28(5,36-8-3)37-9-4)18-21-14-16-22(17-15-21)23-12-10-11-13-24(23)26-30-33-34-31-26/h10-17,20H,6-9,18-19H2,1-5H3,(H,30,31,33,34). The molecule has 2 heterocycles. The molecule has 0 spiro atoms. The van der Waals surface area contributed by atoms with E-state index in [1.54, 1.807) is 0 Å². The summed E-state index contributed by atoms with van der Waals surface area (Å²) in [5.74, 6) is 1.69. The molecule has 0 aliphatic carbocycles. The molecule has 0 unspecified atom stereocenters. The summed E-state index contributed by atoms with van der Waals surface area (Å²) in [6.45, 7) is 12.1. The van der Waals surface area contributed by atoms with Crippen molar-refractivity contribution in [3.8, 4) is 22.5 Å². The average molecular weight is 504 g/mol. The van der Waals surface area contributed by atoms with E-state index >= 15 is 0 Å². The van der Waals surface area contributed by atoms with Crippen molar-refractivity contribution in [2.75, 3.05) is 13.2 Å². The highest BCUT2D eigenvalue weighted by molar-refractivity contribution is 5.80. The molecule has 0 amide bonds. The minimum Gasteiger partial charge on any atom is -0.344 e. The minimum absolute atomic E-state index is 0.514. The lowest BCUT2D eigenvalue weighted by Gasteiger charge is -2.25. The van der Waals surface area contributed by atoms with Gasteiger partial charge in [-0.2, -0.15) is 5.10 Å². The fourth-order valence-electron chi connectivity index (χ4n) is 4.56. The first-order valence-corrected chi connectivity index (χ1v) is 13.2. The summed E-state index contributed by atoms with van der Waals surface area (Å²) in [6.07, 6.45) is 2.84. The Morgan fingerprint density at radius 1 is 0.919 bits per heavy atom. The van der Waals surface area contributed by atoms with Crippen LogP contribution >= 0.6 is 0 Å². The molecule has 37 heavy (non-hydrogen) atoms. The highest BCUT2D eigenvalue weighted by Gasteiger charge is 2.34. The van der Waals surface area contributed by atoms with Gasteiger partial charge in [-0.1, -0.05) is 75.2 Å². The van der Waals surface area contributed by atoms with Crippen molar-refractivity contribution in [3.05, 3.63) is 65.7 Å². The number of hydrogen-bond donors (Lipinski definition) is 1. The molecule has 1 N–H and O–H groups in total. The van der Waals surface area contributed by atoms with E-state index in [1.807, 2.05) is 43.7 Å². The van der Waals surface area contributed by atoms with Gasteiger partial charge >= 0.3 is 0 Å². The molecule has 0 fully saturated rings. The second-order valence-electron chi connectivity index (χ2n) is 9.20. The van der Waals surface area contributed by atoms with E-state index < -0.39 is 5.79 Å². The second kappa shape index (κ2) is 12.2. The number of nitrogens with zero attached hydrogens (tertiary/aromatic N) is 6. The van der Waals surface area contributed by atoms with Crippen LogP contribution in [0.3, 0.4) is 0 Å². The number of nitrogens with one attached hydrogen (secondary N) is 1. The maximum absolute atomic E-state index is 5.96. The molecule has 0 saturated carbocycles. The zero-order valence-corrected chi connectivity index (χ0v) is 22.4. The Morgan fingerprint density at radius 3 is 2.19 bits per heavy atom. The molecule has 9 nitrogen and oxygen atoms in total. The fraction of sp³-hybridized carbons (Fsp3) is 0.464. The van der Waals surface area contributed by atoms with Crippen LogP contribution in [0.25, 0.3) is 22.5 Å². The van der Waals surface area contributed by atoms with E-state index in [0.29, 0.717) is 37.2 Å². The third-order valence-electron chi connectivity index (χ3n) is 6.73. The second-order valence-corrected chi connectivity index (χ2v) is 9.20. The molecular formula is C28H37N7O2. The Hall–Kier alpha value is -3.43. The summed E-state index contributed by atoms with van der Waals surface area (Å²) in [7, 11) is 0. The van der Waals surface area contributed by atoms with Crippen LogP contribution in [0.2, 0.25) is 0 Å². The molecule has 4 rings (SSSR count). The molecule has 196 valence electrons. The van der Waals surface area contributed by atoms with Gasteiger partial charge in [0.25, 0.3) is 0 Å². The summed E-state index contributed by atoms with van der Waals surface area (Å²) >= 11 is 0. The van der Waals surface area contributed by atoms with Gasteiger partial charge in [-0.15, -0.1) is 5.10 Å². The van der Waals surface area contributed by atoms with Gasteiger partial charge in [0.1, 0.15) is 5.82 Å². The smallest absolute Gasteiger partial charge is 0.229 e. The van der Waals surface area contributed by atoms with E-state index in [9.17, 15) is 0 Å². The maximum atomic E-state index is 5.96. The molecule has 0 saturated heterocycles. The first-order chi connectivity index (χ1) is 18.0. The van der Waals surface area contributed by atoms with Crippen molar-refractivity contribution in [2.45, 2.75) is 66.2 Å². The molecule has 0 aliphatic rings. The normalized spacial score (nSPS) is 11.9. The van der Waals surface area contributed by atoms with E-state index in [1.165, 1.54) is 0 Å². The van der Waals surface area contributed by atoms with Crippen LogP contribution < -0.4 is 0 Å². The molecule has 0 radical (unpaired) electrons. The van der Waals surface area contributed by atoms with Crippen molar-refractivity contribution in [1.82, 2.24) is 35.4 Å². The first kappa shape index (κ1) is 26.6. The number of rotatable bonds is 13. The van der Waals surface area contributed by atoms with Crippen LogP contribution in [0, 0.1) is 5.92 Å². The maximum Gasteiger partial charge on any atom is 0.229 e. The van der Waals surface area contributed by atoms with Crippen LogP contribution in [0.5, 0.6) is 0 Å². The third kappa shape index (κ3) is 6.11. The Morgan fingerprint density at radius 2 is 1.59 bits per heavy atom. The molecule has 9 heteroatoms. The topological polar surface area (TPSA) is 104 Å². The van der Waals surface area contributed by atoms with E-state index in [-0.39, 0.29) is 0 Å². The van der Waals surface area contributed by atoms with Crippen LogP contribution in [0.4, 0.5) is 0 Å². The predicted octanol–water partition coefficient (Wildman–Crippen LogP) is 5.40. The molecular weight excluding hydrogens is 466 g/mol. The van der Waals surface area contributed by atoms with Crippen LogP contribution in [0.15, 0.2) is 48.5 Å². The predicted molar refractivity (Wildman–Crippen MR) is 143 cm³/mol. The molecule has 4 aromatic rings. The van der Waals surface area contributed by atoms with E-state index in [4.69, 9.17) is 19.6 Å². The number of benzene rings is 2. The van der Waals surface area contributed by atoms with Gasteiger partial charge in [0.05, 0.1) is 0 Å². The van der Waals surface area contributed by atoms with E-state index in [2.05, 4.69) is 64.8 Å². The van der Waals surface area contributed by atoms with Gasteiger partial charge in [-0.25, -0.2) is 14.8 Å². The molecule has 2 aromatic carbocycles. The summed E-state index contributed by atoms with van der Waals surface area (Å²) < 4.78 is 14.0. The Kier molecular flexibility index (Phi) is 8.78. The number of tetrazole rings is 1. The van der Waals surface area contributed by atoms with Crippen molar-refractivity contribution < 1.29 is 9.47 Å². The lowest BCUT2D eigenvalue weighted by molar-refractivity contribution is -0.234. The largest absolute Gasteiger partial charge is 0.344 e. The van der Waals surface area contributed by atoms with Gasteiger partial charge in [0.2, 0.25) is 11.6 Å². The van der Waals surface area contributed by atoms with Crippen LogP contribution in [-0.2, 0) is 28.2 Å². The van der Waals surface area contributed by atoms with E-state index in [0.717, 1.165) is 47.5 Å². The van der Waals surface area contributed by atoms with Crippen molar-refractivity contribution in [3.63, 3.8) is 0 Å². The lowest BCUT2D eigenvalue weighted by atomic mass is 9.97. The van der Waals surface area contributed by atoms with Gasteiger partial charge in [-0.05, 0) is 53.8 Å². The SMILES string of the molecule is CCOC(C)(OCC)c1nc(Cc2ccc(-c3ccccc3-c3nnn[nH]3)cc2)n(CC(CC)CC)n1. The highest BCUT2D eigenvalue weighted by Crippen LogP contribution is 2.30. The minimum atomic E-state index is -0.972.